The Balaban J connectivity index is 2.06. The Hall–Kier alpha value is -1.48. The summed E-state index contributed by atoms with van der Waals surface area (Å²) >= 11 is 0. The fourth-order valence-corrected chi connectivity index (χ4v) is 1.91. The van der Waals surface area contributed by atoms with Crippen LogP contribution in [0, 0.1) is 0 Å². The number of phenols is 1. The molecule has 1 fully saturated rings. The minimum absolute atomic E-state index is 0.184. The molecule has 3 heteroatoms. The van der Waals surface area contributed by atoms with Crippen LogP contribution in [0.3, 0.4) is 0 Å². The standard InChI is InChI=1S/C13H17NO2/c1-16-13-7-5-10(9-12(13)15)4-6-11-3-2-8-14-11/h4-7,9,11,14-15H,2-3,8H2,1H3/b6-4+. The van der Waals surface area contributed by atoms with Crippen molar-refractivity contribution < 1.29 is 9.84 Å². The van der Waals surface area contributed by atoms with Gasteiger partial charge in [0.2, 0.25) is 0 Å². The third-order valence-corrected chi connectivity index (χ3v) is 2.82. The summed E-state index contributed by atoms with van der Waals surface area (Å²) in [6, 6.07) is 5.90. The molecule has 0 aliphatic carbocycles. The van der Waals surface area contributed by atoms with E-state index in [9.17, 15) is 5.11 Å². The maximum Gasteiger partial charge on any atom is 0.160 e. The predicted octanol–water partition coefficient (Wildman–Crippen LogP) is 2.17. The molecule has 0 bridgehead atoms. The summed E-state index contributed by atoms with van der Waals surface area (Å²) in [5, 5.41) is 13.0. The van der Waals surface area contributed by atoms with Gasteiger partial charge in [-0.25, -0.2) is 0 Å². The number of hydrogen-bond donors (Lipinski definition) is 2. The molecule has 3 nitrogen and oxygen atoms in total. The van der Waals surface area contributed by atoms with E-state index in [1.165, 1.54) is 12.8 Å². The van der Waals surface area contributed by atoms with Gasteiger partial charge in [-0.1, -0.05) is 18.2 Å². The lowest BCUT2D eigenvalue weighted by Gasteiger charge is -2.05. The van der Waals surface area contributed by atoms with Crippen molar-refractivity contribution in [1.82, 2.24) is 5.32 Å². The minimum Gasteiger partial charge on any atom is -0.504 e. The van der Waals surface area contributed by atoms with Crippen LogP contribution in [-0.4, -0.2) is 24.8 Å². The summed E-state index contributed by atoms with van der Waals surface area (Å²) in [4.78, 5) is 0. The molecule has 0 radical (unpaired) electrons. The average Bonchev–Trinajstić information content (AvgIpc) is 2.79. The summed E-state index contributed by atoms with van der Waals surface area (Å²) in [6.45, 7) is 1.10. The molecular weight excluding hydrogens is 202 g/mol. The van der Waals surface area contributed by atoms with E-state index in [2.05, 4.69) is 11.4 Å². The highest BCUT2D eigenvalue weighted by Gasteiger charge is 2.09. The van der Waals surface area contributed by atoms with Gasteiger partial charge in [0.1, 0.15) is 0 Å². The second kappa shape index (κ2) is 5.03. The number of rotatable bonds is 3. The molecule has 0 spiro atoms. The van der Waals surface area contributed by atoms with Crippen LogP contribution in [0.4, 0.5) is 0 Å². The van der Waals surface area contributed by atoms with Crippen molar-refractivity contribution in [3.8, 4) is 11.5 Å². The maximum absolute atomic E-state index is 9.61. The van der Waals surface area contributed by atoms with Gasteiger partial charge in [0.25, 0.3) is 0 Å². The zero-order valence-electron chi connectivity index (χ0n) is 9.44. The molecule has 0 amide bonds. The number of nitrogens with one attached hydrogen (secondary N) is 1. The molecule has 0 saturated carbocycles. The second-order valence-electron chi connectivity index (χ2n) is 3.99. The van der Waals surface area contributed by atoms with E-state index in [1.807, 2.05) is 12.1 Å². The van der Waals surface area contributed by atoms with Gasteiger partial charge < -0.3 is 15.2 Å². The van der Waals surface area contributed by atoms with Crippen molar-refractivity contribution >= 4 is 6.08 Å². The molecule has 1 aliphatic heterocycles. The Bertz CT molecular complexity index is 382. The van der Waals surface area contributed by atoms with Crippen LogP contribution in [0.2, 0.25) is 0 Å². The molecule has 2 rings (SSSR count). The Morgan fingerprint density at radius 1 is 1.50 bits per heavy atom. The van der Waals surface area contributed by atoms with Crippen molar-refractivity contribution in [1.29, 1.82) is 0 Å². The Kier molecular flexibility index (Phi) is 3.47. The lowest BCUT2D eigenvalue weighted by atomic mass is 10.1. The Morgan fingerprint density at radius 2 is 2.38 bits per heavy atom. The van der Waals surface area contributed by atoms with Crippen molar-refractivity contribution in [2.24, 2.45) is 0 Å². The summed E-state index contributed by atoms with van der Waals surface area (Å²) in [7, 11) is 1.55. The van der Waals surface area contributed by atoms with Crippen LogP contribution in [0.5, 0.6) is 11.5 Å². The quantitative estimate of drug-likeness (QED) is 0.818. The van der Waals surface area contributed by atoms with Gasteiger partial charge in [-0.3, -0.25) is 0 Å². The summed E-state index contributed by atoms with van der Waals surface area (Å²) in [5.74, 6) is 0.695. The van der Waals surface area contributed by atoms with Gasteiger partial charge in [0.15, 0.2) is 11.5 Å². The monoisotopic (exact) mass is 219 g/mol. The molecule has 0 aromatic heterocycles. The highest BCUT2D eigenvalue weighted by atomic mass is 16.5. The number of benzene rings is 1. The molecule has 1 atom stereocenters. The SMILES string of the molecule is COc1ccc(/C=C/C2CCCN2)cc1O. The fourth-order valence-electron chi connectivity index (χ4n) is 1.91. The van der Waals surface area contributed by atoms with Crippen LogP contribution in [0.25, 0.3) is 6.08 Å². The van der Waals surface area contributed by atoms with E-state index in [4.69, 9.17) is 4.74 Å². The third-order valence-electron chi connectivity index (χ3n) is 2.82. The Labute approximate surface area is 95.7 Å². The topological polar surface area (TPSA) is 41.5 Å². The molecule has 16 heavy (non-hydrogen) atoms. The molecule has 1 aliphatic rings. The predicted molar refractivity (Wildman–Crippen MR) is 64.7 cm³/mol. The number of ether oxygens (including phenoxy) is 1. The van der Waals surface area contributed by atoms with Crippen molar-refractivity contribution in [3.63, 3.8) is 0 Å². The molecule has 1 heterocycles. The Morgan fingerprint density at radius 3 is 3.00 bits per heavy atom. The number of aromatic hydroxyl groups is 1. The molecule has 2 N–H and O–H groups in total. The van der Waals surface area contributed by atoms with Crippen LogP contribution in [0.15, 0.2) is 24.3 Å². The summed E-state index contributed by atoms with van der Waals surface area (Å²) in [5.41, 5.74) is 0.993. The van der Waals surface area contributed by atoms with Crippen LogP contribution < -0.4 is 10.1 Å². The van der Waals surface area contributed by atoms with Crippen LogP contribution >= 0.6 is 0 Å². The average molecular weight is 219 g/mol. The van der Waals surface area contributed by atoms with Gasteiger partial charge in [0.05, 0.1) is 7.11 Å². The maximum atomic E-state index is 9.61. The van der Waals surface area contributed by atoms with E-state index < -0.39 is 0 Å². The summed E-state index contributed by atoms with van der Waals surface area (Å²) < 4.78 is 4.99. The second-order valence-corrected chi connectivity index (χ2v) is 3.99. The zero-order valence-corrected chi connectivity index (χ0v) is 9.44. The number of methoxy groups -OCH3 is 1. The highest BCUT2D eigenvalue weighted by molar-refractivity contribution is 5.55. The first-order chi connectivity index (χ1) is 7.79. The van der Waals surface area contributed by atoms with E-state index in [0.717, 1.165) is 12.1 Å². The van der Waals surface area contributed by atoms with Gasteiger partial charge in [-0.15, -0.1) is 0 Å². The van der Waals surface area contributed by atoms with Crippen molar-refractivity contribution in [2.45, 2.75) is 18.9 Å². The van der Waals surface area contributed by atoms with Crippen molar-refractivity contribution in [3.05, 3.63) is 29.8 Å². The first-order valence-corrected chi connectivity index (χ1v) is 5.58. The lowest BCUT2D eigenvalue weighted by molar-refractivity contribution is 0.373. The van der Waals surface area contributed by atoms with E-state index in [-0.39, 0.29) is 5.75 Å². The van der Waals surface area contributed by atoms with Crippen LogP contribution in [0.1, 0.15) is 18.4 Å². The van der Waals surface area contributed by atoms with E-state index in [1.54, 1.807) is 19.2 Å². The molecule has 86 valence electrons. The molecule has 1 aromatic rings. The van der Waals surface area contributed by atoms with Gasteiger partial charge in [-0.2, -0.15) is 0 Å². The van der Waals surface area contributed by atoms with E-state index >= 15 is 0 Å². The number of phenolic OH excluding ortho intramolecular Hbond substituents is 1. The van der Waals surface area contributed by atoms with Crippen LogP contribution in [-0.2, 0) is 0 Å². The molecule has 1 aromatic carbocycles. The molecule has 1 unspecified atom stereocenters. The van der Waals surface area contributed by atoms with Gasteiger partial charge in [-0.05, 0) is 37.1 Å². The van der Waals surface area contributed by atoms with Gasteiger partial charge in [0, 0.05) is 6.04 Å². The molecular formula is C13H17NO2. The number of hydrogen-bond acceptors (Lipinski definition) is 3. The fraction of sp³-hybridized carbons (Fsp3) is 0.385. The third kappa shape index (κ3) is 2.55. The first kappa shape index (κ1) is 11.0. The zero-order chi connectivity index (χ0) is 11.4. The highest BCUT2D eigenvalue weighted by Crippen LogP contribution is 2.26. The van der Waals surface area contributed by atoms with E-state index in [0.29, 0.717) is 11.8 Å². The minimum atomic E-state index is 0.184. The first-order valence-electron chi connectivity index (χ1n) is 5.58. The largest absolute Gasteiger partial charge is 0.504 e. The lowest BCUT2D eigenvalue weighted by Crippen LogP contribution is -2.17. The molecule has 1 saturated heterocycles. The normalized spacial score (nSPS) is 20.4. The smallest absolute Gasteiger partial charge is 0.160 e. The summed E-state index contributed by atoms with van der Waals surface area (Å²) in [6.07, 6.45) is 6.61. The van der Waals surface area contributed by atoms with Gasteiger partial charge >= 0.3 is 0 Å². The van der Waals surface area contributed by atoms with Crippen molar-refractivity contribution in [2.75, 3.05) is 13.7 Å².